The summed E-state index contributed by atoms with van der Waals surface area (Å²) in [6.07, 6.45) is 1.59. The zero-order chi connectivity index (χ0) is 13.4. The Morgan fingerprint density at radius 2 is 2.06 bits per heavy atom. The summed E-state index contributed by atoms with van der Waals surface area (Å²) in [6.45, 7) is 5.69. The van der Waals surface area contributed by atoms with Crippen molar-refractivity contribution < 1.29 is 13.9 Å². The van der Waals surface area contributed by atoms with E-state index in [0.717, 1.165) is 18.6 Å². The van der Waals surface area contributed by atoms with E-state index in [1.165, 1.54) is 12.1 Å². The third-order valence-electron chi connectivity index (χ3n) is 2.40. The van der Waals surface area contributed by atoms with Gasteiger partial charge in [0.2, 0.25) is 0 Å². The molecule has 18 heavy (non-hydrogen) atoms. The lowest BCUT2D eigenvalue weighted by molar-refractivity contribution is 0.100. The maximum absolute atomic E-state index is 13.2. The molecule has 0 radical (unpaired) electrons. The number of halogens is 1. The van der Waals surface area contributed by atoms with Gasteiger partial charge in [-0.05, 0) is 43.5 Å². The fraction of sp³-hybridized carbons (Fsp3) is 0.571. The lowest BCUT2D eigenvalue weighted by atomic mass is 10.1. The summed E-state index contributed by atoms with van der Waals surface area (Å²) in [5, 5.41) is 0. The molecule has 0 aliphatic rings. The molecule has 2 N–H and O–H groups in total. The monoisotopic (exact) mass is 255 g/mol. The summed E-state index contributed by atoms with van der Waals surface area (Å²) < 4.78 is 24.1. The first kappa shape index (κ1) is 14.9. The van der Waals surface area contributed by atoms with Crippen LogP contribution in [0.25, 0.3) is 0 Å². The minimum Gasteiger partial charge on any atom is -0.491 e. The maximum atomic E-state index is 13.2. The third-order valence-corrected chi connectivity index (χ3v) is 2.40. The van der Waals surface area contributed by atoms with Gasteiger partial charge in [-0.1, -0.05) is 6.92 Å². The van der Waals surface area contributed by atoms with Crippen LogP contribution in [-0.4, -0.2) is 25.9 Å². The van der Waals surface area contributed by atoms with Crippen LogP contribution in [0.5, 0.6) is 5.75 Å². The molecular weight excluding hydrogens is 233 g/mol. The van der Waals surface area contributed by atoms with Gasteiger partial charge in [-0.15, -0.1) is 0 Å². The van der Waals surface area contributed by atoms with E-state index in [1.807, 2.05) is 6.92 Å². The zero-order valence-electron chi connectivity index (χ0n) is 11.1. The molecule has 0 fully saturated rings. The highest BCUT2D eigenvalue weighted by Crippen LogP contribution is 2.21. The largest absolute Gasteiger partial charge is 0.491 e. The fourth-order valence-corrected chi connectivity index (χ4v) is 1.65. The maximum Gasteiger partial charge on any atom is 0.123 e. The van der Waals surface area contributed by atoms with Crippen molar-refractivity contribution in [3.05, 3.63) is 29.6 Å². The van der Waals surface area contributed by atoms with Gasteiger partial charge < -0.3 is 15.2 Å². The zero-order valence-corrected chi connectivity index (χ0v) is 11.1. The smallest absolute Gasteiger partial charge is 0.123 e. The van der Waals surface area contributed by atoms with E-state index in [4.69, 9.17) is 15.2 Å². The van der Waals surface area contributed by atoms with E-state index in [9.17, 15) is 4.39 Å². The average Bonchev–Trinajstić information content (AvgIpc) is 2.30. The Morgan fingerprint density at radius 1 is 1.28 bits per heavy atom. The summed E-state index contributed by atoms with van der Waals surface area (Å²) in [5.74, 6) is 0.425. The first-order chi connectivity index (χ1) is 8.63. The predicted molar refractivity (Wildman–Crippen MR) is 70.4 cm³/mol. The van der Waals surface area contributed by atoms with Crippen molar-refractivity contribution in [1.82, 2.24) is 0 Å². The Morgan fingerprint density at radius 3 is 2.72 bits per heavy atom. The summed E-state index contributed by atoms with van der Waals surface area (Å²) in [5.41, 5.74) is 6.54. The molecule has 1 aromatic rings. The van der Waals surface area contributed by atoms with Crippen LogP contribution in [0.15, 0.2) is 18.2 Å². The van der Waals surface area contributed by atoms with Gasteiger partial charge in [-0.2, -0.15) is 0 Å². The second-order valence-corrected chi connectivity index (χ2v) is 4.39. The van der Waals surface area contributed by atoms with Crippen LogP contribution in [0.3, 0.4) is 0 Å². The van der Waals surface area contributed by atoms with Gasteiger partial charge in [0.05, 0.1) is 6.61 Å². The molecule has 0 bridgehead atoms. The SMILES string of the molecule is CCCOCCOc1ccc(F)cc1CC(C)N. The molecule has 0 aromatic heterocycles. The second-order valence-electron chi connectivity index (χ2n) is 4.39. The molecule has 0 saturated carbocycles. The molecule has 1 rings (SSSR count). The fourth-order valence-electron chi connectivity index (χ4n) is 1.65. The first-order valence-corrected chi connectivity index (χ1v) is 6.38. The van der Waals surface area contributed by atoms with Crippen molar-refractivity contribution in [3.63, 3.8) is 0 Å². The Labute approximate surface area is 108 Å². The number of ether oxygens (including phenoxy) is 2. The Bertz CT molecular complexity index is 356. The van der Waals surface area contributed by atoms with E-state index < -0.39 is 0 Å². The van der Waals surface area contributed by atoms with Crippen molar-refractivity contribution in [2.75, 3.05) is 19.8 Å². The minimum atomic E-state index is -0.264. The van der Waals surface area contributed by atoms with Gasteiger partial charge in [0.1, 0.15) is 18.2 Å². The normalized spacial score (nSPS) is 12.4. The van der Waals surface area contributed by atoms with Gasteiger partial charge in [0, 0.05) is 12.6 Å². The van der Waals surface area contributed by atoms with Crippen LogP contribution in [0.4, 0.5) is 4.39 Å². The standard InChI is InChI=1S/C14H22FNO2/c1-3-6-17-7-8-18-14-5-4-13(15)10-12(14)9-11(2)16/h4-5,10-11H,3,6-9,16H2,1-2H3. The molecule has 0 aliphatic heterocycles. The van der Waals surface area contributed by atoms with E-state index >= 15 is 0 Å². The number of hydrogen-bond acceptors (Lipinski definition) is 3. The molecule has 0 aliphatic carbocycles. The quantitative estimate of drug-likeness (QED) is 0.726. The van der Waals surface area contributed by atoms with Crippen molar-refractivity contribution in [2.45, 2.75) is 32.7 Å². The summed E-state index contributed by atoms with van der Waals surface area (Å²) >= 11 is 0. The lowest BCUT2D eigenvalue weighted by Crippen LogP contribution is -2.19. The molecular formula is C14H22FNO2. The summed E-state index contributed by atoms with van der Waals surface area (Å²) in [7, 11) is 0. The molecule has 0 heterocycles. The molecule has 1 atom stereocenters. The van der Waals surface area contributed by atoms with Crippen LogP contribution in [0.2, 0.25) is 0 Å². The van der Waals surface area contributed by atoms with Crippen molar-refractivity contribution in [3.8, 4) is 5.75 Å². The van der Waals surface area contributed by atoms with Gasteiger partial charge in [-0.25, -0.2) is 4.39 Å². The minimum absolute atomic E-state index is 0.0227. The van der Waals surface area contributed by atoms with Gasteiger partial charge >= 0.3 is 0 Å². The molecule has 0 spiro atoms. The lowest BCUT2D eigenvalue weighted by Gasteiger charge is -2.13. The van der Waals surface area contributed by atoms with Crippen LogP contribution in [0, 0.1) is 5.82 Å². The van der Waals surface area contributed by atoms with Crippen molar-refractivity contribution >= 4 is 0 Å². The third kappa shape index (κ3) is 5.47. The highest BCUT2D eigenvalue weighted by atomic mass is 19.1. The molecule has 1 aromatic carbocycles. The average molecular weight is 255 g/mol. The van der Waals surface area contributed by atoms with Crippen LogP contribution < -0.4 is 10.5 Å². The van der Waals surface area contributed by atoms with Crippen molar-refractivity contribution in [1.29, 1.82) is 0 Å². The number of rotatable bonds is 8. The molecule has 1 unspecified atom stereocenters. The summed E-state index contributed by atoms with van der Waals surface area (Å²) in [4.78, 5) is 0. The Kier molecular flexibility index (Phi) is 6.68. The molecule has 102 valence electrons. The predicted octanol–water partition coefficient (Wildman–Crippen LogP) is 2.52. The van der Waals surface area contributed by atoms with Crippen LogP contribution >= 0.6 is 0 Å². The van der Waals surface area contributed by atoms with Crippen LogP contribution in [0.1, 0.15) is 25.8 Å². The van der Waals surface area contributed by atoms with Gasteiger partial charge in [0.25, 0.3) is 0 Å². The first-order valence-electron chi connectivity index (χ1n) is 6.38. The highest BCUT2D eigenvalue weighted by Gasteiger charge is 2.07. The van der Waals surface area contributed by atoms with E-state index in [2.05, 4.69) is 6.92 Å². The van der Waals surface area contributed by atoms with Crippen molar-refractivity contribution in [2.24, 2.45) is 5.73 Å². The van der Waals surface area contributed by atoms with Gasteiger partial charge in [-0.3, -0.25) is 0 Å². The second kappa shape index (κ2) is 8.06. The summed E-state index contributed by atoms with van der Waals surface area (Å²) in [6, 6.07) is 4.50. The molecule has 0 saturated heterocycles. The number of benzene rings is 1. The van der Waals surface area contributed by atoms with E-state index in [-0.39, 0.29) is 11.9 Å². The Hall–Kier alpha value is -1.13. The number of hydrogen-bond donors (Lipinski definition) is 1. The van der Waals surface area contributed by atoms with E-state index in [0.29, 0.717) is 25.4 Å². The van der Waals surface area contributed by atoms with E-state index in [1.54, 1.807) is 6.07 Å². The van der Waals surface area contributed by atoms with Gasteiger partial charge in [0.15, 0.2) is 0 Å². The highest BCUT2D eigenvalue weighted by molar-refractivity contribution is 5.34. The Balaban J connectivity index is 2.52. The molecule has 3 nitrogen and oxygen atoms in total. The molecule has 0 amide bonds. The molecule has 4 heteroatoms. The topological polar surface area (TPSA) is 44.5 Å². The van der Waals surface area contributed by atoms with Crippen LogP contribution in [-0.2, 0) is 11.2 Å². The number of nitrogens with two attached hydrogens (primary N) is 1.